The first-order chi connectivity index (χ1) is 16.5. The Labute approximate surface area is 195 Å². The van der Waals surface area contributed by atoms with Crippen LogP contribution in [0.2, 0.25) is 0 Å². The molecule has 0 unspecified atom stereocenters. The van der Waals surface area contributed by atoms with E-state index in [-0.39, 0.29) is 24.3 Å². The van der Waals surface area contributed by atoms with Crippen molar-refractivity contribution in [2.24, 2.45) is 0 Å². The Bertz CT molecular complexity index is 1270. The number of anilines is 1. The summed E-state index contributed by atoms with van der Waals surface area (Å²) >= 11 is 0. The zero-order valence-electron chi connectivity index (χ0n) is 18.7. The van der Waals surface area contributed by atoms with Crippen LogP contribution in [0.15, 0.2) is 55.1 Å². The SMILES string of the molecule is COc1ccc2c(c1OC)C(=O)N1c3ccccc3C(=O)N(CC(=O)NCCn3ccnc3)[C@@H]21. The number of benzene rings is 2. The summed E-state index contributed by atoms with van der Waals surface area (Å²) in [7, 11) is 2.96. The highest BCUT2D eigenvalue weighted by Crippen LogP contribution is 2.49. The standard InChI is InChI=1S/C24H23N5O5/c1-33-18-8-7-16-20(21(18)34-2)24(32)29-17-6-4-3-5-15(17)23(31)28(22(16)29)13-19(30)26-10-12-27-11-9-25-14-27/h3-9,11,14,22H,10,12-13H2,1-2H3,(H,26,30)/t22-/m1/s1. The normalized spacial score (nSPS) is 16.1. The molecule has 2 aromatic carbocycles. The molecule has 2 aliphatic rings. The molecule has 5 rings (SSSR count). The monoisotopic (exact) mass is 461 g/mol. The van der Waals surface area contributed by atoms with Gasteiger partial charge in [0.25, 0.3) is 11.8 Å². The highest BCUT2D eigenvalue weighted by molar-refractivity contribution is 6.18. The molecule has 0 radical (unpaired) electrons. The number of amides is 3. The topological polar surface area (TPSA) is 106 Å². The summed E-state index contributed by atoms with van der Waals surface area (Å²) in [5, 5.41) is 2.84. The van der Waals surface area contributed by atoms with Crippen molar-refractivity contribution in [1.82, 2.24) is 19.8 Å². The molecule has 10 heteroatoms. The lowest BCUT2D eigenvalue weighted by Crippen LogP contribution is -2.51. The molecule has 0 saturated heterocycles. The first kappa shape index (κ1) is 21.5. The van der Waals surface area contributed by atoms with E-state index in [1.165, 1.54) is 19.1 Å². The van der Waals surface area contributed by atoms with E-state index in [2.05, 4.69) is 10.3 Å². The van der Waals surface area contributed by atoms with Crippen LogP contribution in [-0.2, 0) is 11.3 Å². The number of methoxy groups -OCH3 is 2. The number of aromatic nitrogens is 2. The zero-order chi connectivity index (χ0) is 23.8. The third kappa shape index (κ3) is 3.35. The van der Waals surface area contributed by atoms with Gasteiger partial charge in [-0.2, -0.15) is 0 Å². The van der Waals surface area contributed by atoms with Gasteiger partial charge in [0.1, 0.15) is 12.7 Å². The maximum atomic E-state index is 13.6. The molecule has 1 atom stereocenters. The van der Waals surface area contributed by atoms with Crippen molar-refractivity contribution in [3.63, 3.8) is 0 Å². The van der Waals surface area contributed by atoms with Crippen molar-refractivity contribution >= 4 is 23.4 Å². The van der Waals surface area contributed by atoms with E-state index in [4.69, 9.17) is 9.47 Å². The molecule has 174 valence electrons. The van der Waals surface area contributed by atoms with Crippen LogP contribution in [-0.4, -0.2) is 59.5 Å². The summed E-state index contributed by atoms with van der Waals surface area (Å²) in [5.41, 5.74) is 1.76. The maximum absolute atomic E-state index is 13.6. The van der Waals surface area contributed by atoms with Gasteiger partial charge in [0, 0.05) is 31.0 Å². The molecular weight excluding hydrogens is 438 g/mol. The molecule has 2 aliphatic heterocycles. The molecule has 3 heterocycles. The molecule has 0 saturated carbocycles. The lowest BCUT2D eigenvalue weighted by molar-refractivity contribution is -0.122. The number of hydrogen-bond donors (Lipinski definition) is 1. The van der Waals surface area contributed by atoms with Gasteiger partial charge < -0.3 is 24.3 Å². The van der Waals surface area contributed by atoms with Crippen LogP contribution >= 0.6 is 0 Å². The average Bonchev–Trinajstić information content (AvgIpc) is 3.47. The highest BCUT2D eigenvalue weighted by atomic mass is 16.5. The Morgan fingerprint density at radius 3 is 2.65 bits per heavy atom. The number of nitrogens with one attached hydrogen (secondary N) is 1. The predicted octanol–water partition coefficient (Wildman–Crippen LogP) is 1.83. The molecule has 0 spiro atoms. The van der Waals surface area contributed by atoms with Crippen molar-refractivity contribution in [2.75, 3.05) is 32.2 Å². The van der Waals surface area contributed by atoms with Gasteiger partial charge in [0.2, 0.25) is 5.91 Å². The zero-order valence-corrected chi connectivity index (χ0v) is 18.7. The van der Waals surface area contributed by atoms with Crippen molar-refractivity contribution in [2.45, 2.75) is 12.7 Å². The fourth-order valence-electron chi connectivity index (χ4n) is 4.54. The molecule has 34 heavy (non-hydrogen) atoms. The lowest BCUT2D eigenvalue weighted by atomic mass is 10.0. The van der Waals surface area contributed by atoms with E-state index in [0.29, 0.717) is 47.0 Å². The molecular formula is C24H23N5O5. The number of carbonyl (C=O) groups excluding carboxylic acids is 3. The Kier molecular flexibility index (Phi) is 5.40. The van der Waals surface area contributed by atoms with Crippen LogP contribution in [0, 0.1) is 0 Å². The van der Waals surface area contributed by atoms with Crippen molar-refractivity contribution < 1.29 is 23.9 Å². The van der Waals surface area contributed by atoms with Gasteiger partial charge in [-0.25, -0.2) is 4.98 Å². The summed E-state index contributed by atoms with van der Waals surface area (Å²) in [5.74, 6) is -0.251. The van der Waals surface area contributed by atoms with Crippen molar-refractivity contribution in [3.05, 3.63) is 71.8 Å². The third-order valence-electron chi connectivity index (χ3n) is 6.05. The lowest BCUT2D eigenvalue weighted by Gasteiger charge is -2.40. The second-order valence-corrected chi connectivity index (χ2v) is 7.91. The molecule has 10 nitrogen and oxygen atoms in total. The Balaban J connectivity index is 1.50. The number of fused-ring (bicyclic) bond motifs is 5. The number of imidazole rings is 1. The molecule has 0 bridgehead atoms. The Morgan fingerprint density at radius 2 is 1.91 bits per heavy atom. The number of ether oxygens (including phenoxy) is 2. The van der Waals surface area contributed by atoms with E-state index >= 15 is 0 Å². The largest absolute Gasteiger partial charge is 0.493 e. The van der Waals surface area contributed by atoms with E-state index < -0.39 is 6.17 Å². The molecule has 0 fully saturated rings. The summed E-state index contributed by atoms with van der Waals surface area (Å²) in [6, 6.07) is 10.3. The summed E-state index contributed by atoms with van der Waals surface area (Å²) in [4.78, 5) is 46.9. The fourth-order valence-corrected chi connectivity index (χ4v) is 4.54. The van der Waals surface area contributed by atoms with Crippen LogP contribution in [0.1, 0.15) is 32.4 Å². The van der Waals surface area contributed by atoms with Crippen molar-refractivity contribution in [3.8, 4) is 11.5 Å². The quantitative estimate of drug-likeness (QED) is 0.576. The number of hydrogen-bond acceptors (Lipinski definition) is 6. The minimum absolute atomic E-state index is 0.209. The maximum Gasteiger partial charge on any atom is 0.264 e. The van der Waals surface area contributed by atoms with Crippen LogP contribution < -0.4 is 19.7 Å². The van der Waals surface area contributed by atoms with E-state index in [0.717, 1.165) is 0 Å². The second kappa shape index (κ2) is 8.54. The van der Waals surface area contributed by atoms with Gasteiger partial charge in [-0.05, 0) is 18.2 Å². The minimum Gasteiger partial charge on any atom is -0.493 e. The minimum atomic E-state index is -0.774. The Hall–Kier alpha value is -4.34. The summed E-state index contributed by atoms with van der Waals surface area (Å²) < 4.78 is 12.7. The summed E-state index contributed by atoms with van der Waals surface area (Å²) in [6.45, 7) is 0.721. The van der Waals surface area contributed by atoms with Gasteiger partial charge in [-0.1, -0.05) is 18.2 Å². The van der Waals surface area contributed by atoms with E-state index in [1.807, 2.05) is 4.57 Å². The smallest absolute Gasteiger partial charge is 0.264 e. The Morgan fingerprint density at radius 1 is 1.09 bits per heavy atom. The number of rotatable bonds is 7. The first-order valence-corrected chi connectivity index (χ1v) is 10.8. The van der Waals surface area contributed by atoms with Gasteiger partial charge in [0.05, 0.1) is 37.4 Å². The van der Waals surface area contributed by atoms with E-state index in [1.54, 1.807) is 60.0 Å². The number of carbonyl (C=O) groups is 3. The first-order valence-electron chi connectivity index (χ1n) is 10.8. The van der Waals surface area contributed by atoms with Gasteiger partial charge in [0.15, 0.2) is 11.5 Å². The predicted molar refractivity (Wildman–Crippen MR) is 122 cm³/mol. The van der Waals surface area contributed by atoms with Crippen LogP contribution in [0.3, 0.4) is 0 Å². The van der Waals surface area contributed by atoms with Crippen LogP contribution in [0.4, 0.5) is 5.69 Å². The molecule has 3 amide bonds. The summed E-state index contributed by atoms with van der Waals surface area (Å²) in [6.07, 6.45) is 4.36. The van der Waals surface area contributed by atoms with Crippen LogP contribution in [0.5, 0.6) is 11.5 Å². The second-order valence-electron chi connectivity index (χ2n) is 7.91. The fraction of sp³-hybridized carbons (Fsp3) is 0.250. The van der Waals surface area contributed by atoms with Gasteiger partial charge >= 0.3 is 0 Å². The van der Waals surface area contributed by atoms with Crippen molar-refractivity contribution in [1.29, 1.82) is 0 Å². The van der Waals surface area contributed by atoms with Crippen LogP contribution in [0.25, 0.3) is 0 Å². The molecule has 0 aliphatic carbocycles. The third-order valence-corrected chi connectivity index (χ3v) is 6.05. The van der Waals surface area contributed by atoms with Gasteiger partial charge in [-0.3, -0.25) is 19.3 Å². The number of para-hydroxylation sites is 1. The molecule has 1 aromatic heterocycles. The highest BCUT2D eigenvalue weighted by Gasteiger charge is 2.50. The van der Waals surface area contributed by atoms with E-state index in [9.17, 15) is 14.4 Å². The number of nitrogens with zero attached hydrogens (tertiary/aromatic N) is 4. The van der Waals surface area contributed by atoms with Gasteiger partial charge in [-0.15, -0.1) is 0 Å². The molecule has 3 aromatic rings. The molecule has 1 N–H and O–H groups in total. The average molecular weight is 461 g/mol.